The Morgan fingerprint density at radius 2 is 1.89 bits per heavy atom. The second-order valence-corrected chi connectivity index (χ2v) is 7.19. The van der Waals surface area contributed by atoms with Crippen molar-refractivity contribution < 1.29 is 4.79 Å². The van der Waals surface area contributed by atoms with Gasteiger partial charge in [0.25, 0.3) is 0 Å². The van der Waals surface area contributed by atoms with E-state index < -0.39 is 0 Å². The molecule has 0 aliphatic carbocycles. The number of anilines is 1. The van der Waals surface area contributed by atoms with Gasteiger partial charge in [-0.15, -0.1) is 0 Å². The topological polar surface area (TPSA) is 72.0 Å². The molecule has 2 aliphatic heterocycles. The van der Waals surface area contributed by atoms with E-state index in [1.54, 1.807) is 7.05 Å². The van der Waals surface area contributed by atoms with Crippen LogP contribution in [0.2, 0.25) is 0 Å². The Labute approximate surface area is 162 Å². The molecule has 3 rings (SSSR count). The predicted octanol–water partition coefficient (Wildman–Crippen LogP) is 0.774. The predicted molar refractivity (Wildman–Crippen MR) is 110 cm³/mol. The number of benzene rings is 1. The molecule has 1 aromatic carbocycles. The second kappa shape index (κ2) is 10.2. The summed E-state index contributed by atoms with van der Waals surface area (Å²) < 4.78 is 0. The lowest BCUT2D eigenvalue weighted by molar-refractivity contribution is -0.120. The molecule has 2 saturated heterocycles. The third-order valence-electron chi connectivity index (χ3n) is 5.19. The van der Waals surface area contributed by atoms with Crippen molar-refractivity contribution in [1.29, 1.82) is 0 Å². The Bertz CT molecular complexity index is 624. The molecule has 0 saturated carbocycles. The molecule has 0 bridgehead atoms. The number of hydrogen-bond acceptors (Lipinski definition) is 4. The zero-order chi connectivity index (χ0) is 18.9. The Balaban J connectivity index is 1.40. The van der Waals surface area contributed by atoms with Crippen molar-refractivity contribution in [2.45, 2.75) is 25.8 Å². The highest BCUT2D eigenvalue weighted by atomic mass is 16.2. The van der Waals surface area contributed by atoms with Crippen molar-refractivity contribution in [1.82, 2.24) is 20.9 Å². The molecule has 0 atom stereocenters. The number of hydrogen-bond donors (Lipinski definition) is 3. The number of rotatable bonds is 6. The van der Waals surface area contributed by atoms with Gasteiger partial charge in [0.2, 0.25) is 5.91 Å². The Kier molecular flexibility index (Phi) is 7.33. The number of likely N-dealkylation sites (tertiary alicyclic amines) is 1. The fourth-order valence-electron chi connectivity index (χ4n) is 3.61. The van der Waals surface area contributed by atoms with Gasteiger partial charge in [0.05, 0.1) is 6.54 Å². The largest absolute Gasteiger partial charge is 0.360 e. The first kappa shape index (κ1) is 19.5. The summed E-state index contributed by atoms with van der Waals surface area (Å²) in [5.74, 6) is 0.926. The van der Waals surface area contributed by atoms with E-state index in [0.29, 0.717) is 13.1 Å². The molecule has 0 spiro atoms. The van der Waals surface area contributed by atoms with E-state index in [1.807, 2.05) is 0 Å². The molecular weight excluding hydrogens is 340 g/mol. The fourth-order valence-corrected chi connectivity index (χ4v) is 3.61. The molecule has 1 aromatic rings. The van der Waals surface area contributed by atoms with Crippen molar-refractivity contribution in [2.75, 3.05) is 57.8 Å². The van der Waals surface area contributed by atoms with Crippen molar-refractivity contribution in [3.05, 3.63) is 29.8 Å². The minimum atomic E-state index is 0.0893. The lowest BCUT2D eigenvalue weighted by Crippen LogP contribution is -2.47. The van der Waals surface area contributed by atoms with E-state index in [9.17, 15) is 4.79 Å². The van der Waals surface area contributed by atoms with Crippen LogP contribution in [0.3, 0.4) is 0 Å². The quantitative estimate of drug-likeness (QED) is 0.508. The van der Waals surface area contributed by atoms with Gasteiger partial charge in [-0.25, -0.2) is 0 Å². The maximum absolute atomic E-state index is 11.5. The first-order valence-corrected chi connectivity index (χ1v) is 10.0. The summed E-state index contributed by atoms with van der Waals surface area (Å²) in [5, 5.41) is 9.63. The molecule has 148 valence electrons. The van der Waals surface area contributed by atoms with Gasteiger partial charge in [0.1, 0.15) is 0 Å². The van der Waals surface area contributed by atoms with Gasteiger partial charge < -0.3 is 25.8 Å². The van der Waals surface area contributed by atoms with Crippen LogP contribution in [-0.2, 0) is 11.3 Å². The molecule has 7 heteroatoms. The molecule has 2 aliphatic rings. The van der Waals surface area contributed by atoms with Crippen LogP contribution in [-0.4, -0.2) is 69.6 Å². The molecular formula is C20H32N6O. The summed E-state index contributed by atoms with van der Waals surface area (Å²) in [7, 11) is 1.81. The number of nitrogens with one attached hydrogen (secondary N) is 3. The Morgan fingerprint density at radius 1 is 1.11 bits per heavy atom. The Hall–Kier alpha value is -2.28. The highest BCUT2D eigenvalue weighted by Crippen LogP contribution is 2.16. The number of aliphatic imine (C=N–C) groups is 1. The van der Waals surface area contributed by atoms with Crippen LogP contribution >= 0.6 is 0 Å². The molecule has 1 amide bonds. The molecule has 0 aromatic heterocycles. The third-order valence-corrected chi connectivity index (χ3v) is 5.19. The van der Waals surface area contributed by atoms with Crippen LogP contribution < -0.4 is 20.9 Å². The Morgan fingerprint density at radius 3 is 2.59 bits per heavy atom. The number of carbonyl (C=O) groups is 1. The molecule has 2 fully saturated rings. The van der Waals surface area contributed by atoms with Crippen LogP contribution in [0, 0.1) is 0 Å². The highest BCUT2D eigenvalue weighted by Gasteiger charge is 2.16. The van der Waals surface area contributed by atoms with Crippen LogP contribution in [0.15, 0.2) is 29.3 Å². The first-order valence-electron chi connectivity index (χ1n) is 10.0. The lowest BCUT2D eigenvalue weighted by Gasteiger charge is -2.28. The van der Waals surface area contributed by atoms with Crippen molar-refractivity contribution >= 4 is 17.6 Å². The molecule has 0 radical (unpaired) electrons. The summed E-state index contributed by atoms with van der Waals surface area (Å²) >= 11 is 0. The number of piperidine rings is 1. The summed E-state index contributed by atoms with van der Waals surface area (Å²) in [6, 6.07) is 8.38. The van der Waals surface area contributed by atoms with Crippen molar-refractivity contribution in [3.63, 3.8) is 0 Å². The summed E-state index contributed by atoms with van der Waals surface area (Å²) in [5.41, 5.74) is 2.29. The van der Waals surface area contributed by atoms with E-state index in [2.05, 4.69) is 55.0 Å². The third kappa shape index (κ3) is 6.13. The molecule has 2 heterocycles. The van der Waals surface area contributed by atoms with Gasteiger partial charge in [-0.1, -0.05) is 18.6 Å². The summed E-state index contributed by atoms with van der Waals surface area (Å²) in [6.45, 7) is 7.15. The minimum absolute atomic E-state index is 0.0893. The zero-order valence-corrected chi connectivity index (χ0v) is 16.3. The van der Waals surface area contributed by atoms with Crippen molar-refractivity contribution in [2.24, 2.45) is 4.99 Å². The number of nitrogens with zero attached hydrogens (tertiary/aromatic N) is 3. The maximum atomic E-state index is 11.5. The number of piperazine rings is 1. The lowest BCUT2D eigenvalue weighted by atomic mass is 10.1. The monoisotopic (exact) mass is 372 g/mol. The molecule has 7 nitrogen and oxygen atoms in total. The normalized spacial score (nSPS) is 18.9. The van der Waals surface area contributed by atoms with Crippen molar-refractivity contribution in [3.8, 4) is 0 Å². The summed E-state index contributed by atoms with van der Waals surface area (Å²) in [4.78, 5) is 20.5. The van der Waals surface area contributed by atoms with Crippen LogP contribution in [0.25, 0.3) is 0 Å². The molecule has 3 N–H and O–H groups in total. The maximum Gasteiger partial charge on any atom is 0.239 e. The van der Waals surface area contributed by atoms with E-state index in [4.69, 9.17) is 0 Å². The second-order valence-electron chi connectivity index (χ2n) is 7.19. The van der Waals surface area contributed by atoms with E-state index in [1.165, 1.54) is 37.9 Å². The van der Waals surface area contributed by atoms with Gasteiger partial charge in [-0.05, 0) is 43.6 Å². The zero-order valence-electron chi connectivity index (χ0n) is 16.3. The van der Waals surface area contributed by atoms with E-state index in [-0.39, 0.29) is 5.91 Å². The van der Waals surface area contributed by atoms with E-state index >= 15 is 0 Å². The first-order chi connectivity index (χ1) is 13.2. The standard InChI is InChI=1S/C20H32N6O/c1-21-20(23-9-13-25-11-3-2-4-12-25)24-15-17-5-7-18(8-6-17)26-14-10-22-19(27)16-26/h5-8H,2-4,9-16H2,1H3,(H,22,27)(H2,21,23,24). The fraction of sp³-hybridized carbons (Fsp3) is 0.600. The average Bonchev–Trinajstić information content (AvgIpc) is 2.72. The van der Waals surface area contributed by atoms with Gasteiger partial charge in [-0.3, -0.25) is 9.79 Å². The van der Waals surface area contributed by atoms with Gasteiger partial charge in [0, 0.05) is 45.5 Å². The number of carbonyl (C=O) groups excluding carboxylic acids is 1. The van der Waals surface area contributed by atoms with Crippen LogP contribution in [0.1, 0.15) is 24.8 Å². The smallest absolute Gasteiger partial charge is 0.239 e. The van der Waals surface area contributed by atoms with Crippen LogP contribution in [0.4, 0.5) is 5.69 Å². The van der Waals surface area contributed by atoms with Gasteiger partial charge in [0.15, 0.2) is 5.96 Å². The number of guanidine groups is 1. The average molecular weight is 373 g/mol. The van der Waals surface area contributed by atoms with Crippen LogP contribution in [0.5, 0.6) is 0 Å². The highest BCUT2D eigenvalue weighted by molar-refractivity contribution is 5.82. The SMILES string of the molecule is CN=C(NCCN1CCCCC1)NCc1ccc(N2CCNC(=O)C2)cc1. The van der Waals surface area contributed by atoms with Gasteiger partial charge in [-0.2, -0.15) is 0 Å². The van der Waals surface area contributed by atoms with E-state index in [0.717, 1.165) is 37.8 Å². The van der Waals surface area contributed by atoms with Gasteiger partial charge >= 0.3 is 0 Å². The molecule has 0 unspecified atom stereocenters. The summed E-state index contributed by atoms with van der Waals surface area (Å²) in [6.07, 6.45) is 4.02. The molecule has 27 heavy (non-hydrogen) atoms. The minimum Gasteiger partial charge on any atom is -0.360 e. The number of amides is 1.